The highest BCUT2D eigenvalue weighted by atomic mass is 32.1. The molecular formula is C22H22N6OS. The van der Waals surface area contributed by atoms with Crippen molar-refractivity contribution >= 4 is 38.4 Å². The van der Waals surface area contributed by atoms with E-state index in [4.69, 9.17) is 4.98 Å². The van der Waals surface area contributed by atoms with Crippen LogP contribution in [0.15, 0.2) is 61.1 Å². The van der Waals surface area contributed by atoms with Gasteiger partial charge in [0.25, 0.3) is 0 Å². The number of pyridine rings is 1. The Morgan fingerprint density at radius 1 is 1.20 bits per heavy atom. The summed E-state index contributed by atoms with van der Waals surface area (Å²) in [6.45, 7) is 2.24. The van der Waals surface area contributed by atoms with E-state index in [1.165, 1.54) is 4.70 Å². The first-order valence-electron chi connectivity index (χ1n) is 10.1. The van der Waals surface area contributed by atoms with Crippen LogP contribution in [-0.2, 0) is 11.3 Å². The van der Waals surface area contributed by atoms with Gasteiger partial charge >= 0.3 is 0 Å². The zero-order valence-electron chi connectivity index (χ0n) is 16.4. The maximum absolute atomic E-state index is 12.9. The van der Waals surface area contributed by atoms with Crippen LogP contribution in [0.25, 0.3) is 10.2 Å². The van der Waals surface area contributed by atoms with E-state index < -0.39 is 0 Å². The lowest BCUT2D eigenvalue weighted by Crippen LogP contribution is -2.40. The Morgan fingerprint density at radius 3 is 3.00 bits per heavy atom. The van der Waals surface area contributed by atoms with Gasteiger partial charge in [0.05, 0.1) is 22.7 Å². The van der Waals surface area contributed by atoms with Gasteiger partial charge in [0.1, 0.15) is 0 Å². The molecule has 0 saturated carbocycles. The number of hydrogen-bond acceptors (Lipinski definition) is 6. The summed E-state index contributed by atoms with van der Waals surface area (Å²) in [5.74, 6) is 0.530. The maximum Gasteiger partial charge on any atom is 0.230 e. The molecule has 4 aromatic rings. The molecule has 1 aliphatic rings. The molecule has 0 radical (unpaired) electrons. The zero-order valence-corrected chi connectivity index (χ0v) is 17.3. The maximum atomic E-state index is 12.9. The lowest BCUT2D eigenvalue weighted by atomic mass is 9.97. The highest BCUT2D eigenvalue weighted by Gasteiger charge is 2.28. The molecule has 8 heteroatoms. The first-order valence-corrected chi connectivity index (χ1v) is 10.9. The fraction of sp³-hybridized carbons (Fsp3) is 0.273. The number of piperidine rings is 1. The molecule has 0 aliphatic carbocycles. The number of fused-ring (bicyclic) bond motifs is 1. The number of aromatic nitrogens is 4. The molecule has 0 spiro atoms. The SMILES string of the molecule is O=C(Nc1ccn(Cc2cccnc2)n1)C1CCCN(c2nc3ccccc3s2)C1. The molecule has 7 nitrogen and oxygen atoms in total. The van der Waals surface area contributed by atoms with Crippen molar-refractivity contribution in [3.63, 3.8) is 0 Å². The summed E-state index contributed by atoms with van der Waals surface area (Å²) in [6.07, 6.45) is 7.29. The summed E-state index contributed by atoms with van der Waals surface area (Å²) in [5.41, 5.74) is 2.08. The third kappa shape index (κ3) is 4.04. The van der Waals surface area contributed by atoms with Gasteiger partial charge in [-0.3, -0.25) is 14.5 Å². The molecule has 152 valence electrons. The molecule has 1 amide bonds. The van der Waals surface area contributed by atoms with Crippen molar-refractivity contribution in [1.82, 2.24) is 19.7 Å². The lowest BCUT2D eigenvalue weighted by Gasteiger charge is -2.31. The Kier molecular flexibility index (Phi) is 5.15. The number of anilines is 2. The minimum Gasteiger partial charge on any atom is -0.347 e. The van der Waals surface area contributed by atoms with Crippen molar-refractivity contribution < 1.29 is 4.79 Å². The van der Waals surface area contributed by atoms with Crippen LogP contribution in [0.3, 0.4) is 0 Å². The van der Waals surface area contributed by atoms with Crippen molar-refractivity contribution in [1.29, 1.82) is 0 Å². The zero-order chi connectivity index (χ0) is 20.3. The van der Waals surface area contributed by atoms with Gasteiger partial charge < -0.3 is 10.2 Å². The second-order valence-electron chi connectivity index (χ2n) is 7.50. The molecule has 30 heavy (non-hydrogen) atoms. The highest BCUT2D eigenvalue weighted by Crippen LogP contribution is 2.31. The van der Waals surface area contributed by atoms with Crippen LogP contribution in [0, 0.1) is 5.92 Å². The first kappa shape index (κ1) is 18.7. The van der Waals surface area contributed by atoms with Crippen molar-refractivity contribution in [2.45, 2.75) is 19.4 Å². The Balaban J connectivity index is 1.23. The number of thiazole rings is 1. The lowest BCUT2D eigenvalue weighted by molar-refractivity contribution is -0.120. The number of nitrogens with zero attached hydrogens (tertiary/aromatic N) is 5. The monoisotopic (exact) mass is 418 g/mol. The number of carbonyl (C=O) groups is 1. The molecule has 1 fully saturated rings. The standard InChI is InChI=1S/C22H22N6OS/c29-21(25-20-9-12-28(26-20)14-16-5-3-10-23-13-16)17-6-4-11-27(15-17)22-24-18-7-1-2-8-19(18)30-22/h1-3,5,7-10,12-13,17H,4,6,11,14-15H2,(H,25,26,29). The minimum absolute atomic E-state index is 0.0208. The van der Waals surface area contributed by atoms with Crippen molar-refractivity contribution in [2.24, 2.45) is 5.92 Å². The van der Waals surface area contributed by atoms with Gasteiger partial charge in [-0.15, -0.1) is 0 Å². The van der Waals surface area contributed by atoms with Crippen LogP contribution in [0.5, 0.6) is 0 Å². The normalized spacial score (nSPS) is 16.7. The Labute approximate surface area is 178 Å². The molecule has 1 saturated heterocycles. The van der Waals surface area contributed by atoms with E-state index in [0.717, 1.165) is 35.6 Å². The van der Waals surface area contributed by atoms with Gasteiger partial charge in [0.2, 0.25) is 5.91 Å². The van der Waals surface area contributed by atoms with Crippen LogP contribution in [-0.4, -0.2) is 38.7 Å². The molecule has 0 bridgehead atoms. The van der Waals surface area contributed by atoms with E-state index in [0.29, 0.717) is 18.9 Å². The molecule has 5 rings (SSSR count). The summed E-state index contributed by atoms with van der Waals surface area (Å²) >= 11 is 1.69. The average molecular weight is 419 g/mol. The molecular weight excluding hydrogens is 396 g/mol. The van der Waals surface area contributed by atoms with E-state index in [-0.39, 0.29) is 11.8 Å². The van der Waals surface area contributed by atoms with Crippen LogP contribution in [0.1, 0.15) is 18.4 Å². The average Bonchev–Trinajstić information content (AvgIpc) is 3.41. The van der Waals surface area contributed by atoms with E-state index in [9.17, 15) is 4.79 Å². The van der Waals surface area contributed by atoms with Crippen LogP contribution in [0.2, 0.25) is 0 Å². The predicted octanol–water partition coefficient (Wildman–Crippen LogP) is 3.79. The van der Waals surface area contributed by atoms with Gasteiger partial charge in [-0.1, -0.05) is 29.5 Å². The van der Waals surface area contributed by atoms with Gasteiger partial charge in [0.15, 0.2) is 10.9 Å². The number of amides is 1. The molecule has 1 aromatic carbocycles. The van der Waals surface area contributed by atoms with E-state index in [1.54, 1.807) is 22.2 Å². The van der Waals surface area contributed by atoms with Gasteiger partial charge in [-0.25, -0.2) is 4.98 Å². The third-order valence-electron chi connectivity index (χ3n) is 5.30. The van der Waals surface area contributed by atoms with E-state index in [2.05, 4.69) is 26.4 Å². The molecule has 3 aromatic heterocycles. The fourth-order valence-electron chi connectivity index (χ4n) is 3.78. The summed E-state index contributed by atoms with van der Waals surface area (Å²) < 4.78 is 2.99. The Bertz CT molecular complexity index is 1120. The summed E-state index contributed by atoms with van der Waals surface area (Å²) in [5, 5.41) is 8.46. The number of carbonyl (C=O) groups excluding carboxylic acids is 1. The summed E-state index contributed by atoms with van der Waals surface area (Å²) in [6, 6.07) is 13.9. The van der Waals surface area contributed by atoms with Gasteiger partial charge in [-0.2, -0.15) is 5.10 Å². The van der Waals surface area contributed by atoms with Crippen LogP contribution in [0.4, 0.5) is 10.9 Å². The summed E-state index contributed by atoms with van der Waals surface area (Å²) in [4.78, 5) is 24.0. The predicted molar refractivity (Wildman–Crippen MR) is 119 cm³/mol. The molecule has 4 heterocycles. The number of nitrogens with one attached hydrogen (secondary N) is 1. The van der Waals surface area contributed by atoms with Crippen LogP contribution >= 0.6 is 11.3 Å². The highest BCUT2D eigenvalue weighted by molar-refractivity contribution is 7.22. The number of hydrogen-bond donors (Lipinski definition) is 1. The van der Waals surface area contributed by atoms with Crippen molar-refractivity contribution in [3.8, 4) is 0 Å². The summed E-state index contributed by atoms with van der Waals surface area (Å²) in [7, 11) is 0. The second kappa shape index (κ2) is 8.23. The van der Waals surface area contributed by atoms with Crippen molar-refractivity contribution in [3.05, 3.63) is 66.6 Å². The third-order valence-corrected chi connectivity index (χ3v) is 6.40. The topological polar surface area (TPSA) is 75.9 Å². The van der Waals surface area contributed by atoms with Crippen LogP contribution < -0.4 is 10.2 Å². The van der Waals surface area contributed by atoms with Gasteiger partial charge in [0, 0.05) is 37.7 Å². The molecule has 1 aliphatic heterocycles. The molecule has 1 unspecified atom stereocenters. The second-order valence-corrected chi connectivity index (χ2v) is 8.51. The smallest absolute Gasteiger partial charge is 0.230 e. The molecule has 1 N–H and O–H groups in total. The molecule has 1 atom stereocenters. The largest absolute Gasteiger partial charge is 0.347 e. The van der Waals surface area contributed by atoms with Crippen molar-refractivity contribution in [2.75, 3.05) is 23.3 Å². The fourth-order valence-corrected chi connectivity index (χ4v) is 4.78. The first-order chi connectivity index (χ1) is 14.7. The number of benzene rings is 1. The Hall–Kier alpha value is -3.26. The quantitative estimate of drug-likeness (QED) is 0.534. The minimum atomic E-state index is -0.0748. The Morgan fingerprint density at radius 2 is 2.13 bits per heavy atom. The number of rotatable bonds is 5. The number of para-hydroxylation sites is 1. The van der Waals surface area contributed by atoms with E-state index in [1.807, 2.05) is 48.8 Å². The van der Waals surface area contributed by atoms with Gasteiger partial charge in [-0.05, 0) is 36.6 Å². The van der Waals surface area contributed by atoms with E-state index >= 15 is 0 Å².